The molecule has 1 aromatic rings. The Bertz CT molecular complexity index is 533. The van der Waals surface area contributed by atoms with Crippen LogP contribution in [0.15, 0.2) is 22.7 Å². The monoisotopic (exact) mass is 337 g/mol. The number of nitrogens with zero attached hydrogens (tertiary/aromatic N) is 1. The third-order valence-electron chi connectivity index (χ3n) is 4.49. The van der Waals surface area contributed by atoms with E-state index in [0.717, 1.165) is 41.7 Å². The number of fused-ring (bicyclic) bond motifs is 1. The van der Waals surface area contributed by atoms with Gasteiger partial charge in [-0.3, -0.25) is 4.79 Å². The Kier molecular flexibility index (Phi) is 3.63. The Morgan fingerprint density at radius 3 is 2.65 bits per heavy atom. The number of carbonyl (C=O) groups excluding carboxylic acids is 1. The topological polar surface area (TPSA) is 29.5 Å². The molecule has 0 amide bonds. The summed E-state index contributed by atoms with van der Waals surface area (Å²) >= 11 is 3.45. The molecule has 20 heavy (non-hydrogen) atoms. The maximum atomic E-state index is 12.4. The Balaban J connectivity index is 1.83. The van der Waals surface area contributed by atoms with E-state index in [1.807, 2.05) is 18.2 Å². The van der Waals surface area contributed by atoms with Crippen LogP contribution in [0.25, 0.3) is 0 Å². The van der Waals surface area contributed by atoms with Crippen LogP contribution in [0.2, 0.25) is 0 Å². The Labute approximate surface area is 128 Å². The van der Waals surface area contributed by atoms with Crippen molar-refractivity contribution in [2.24, 2.45) is 0 Å². The molecule has 1 aromatic carbocycles. The Morgan fingerprint density at radius 1 is 1.30 bits per heavy atom. The molecule has 0 radical (unpaired) electrons. The molecule has 4 heteroatoms. The SMILES string of the molecule is CC(C)N1CCC2(CC1)CC(=O)c1ccc(Br)cc1O2. The van der Waals surface area contributed by atoms with Crippen molar-refractivity contribution in [3.05, 3.63) is 28.2 Å². The van der Waals surface area contributed by atoms with Crippen molar-refractivity contribution in [2.75, 3.05) is 13.1 Å². The highest BCUT2D eigenvalue weighted by atomic mass is 79.9. The molecule has 0 aromatic heterocycles. The van der Waals surface area contributed by atoms with Crippen LogP contribution >= 0.6 is 15.9 Å². The standard InChI is InChI=1S/C16H20BrNO2/c1-11(2)18-7-5-16(6-8-18)10-14(19)13-4-3-12(17)9-15(13)20-16/h3-4,9,11H,5-8,10H2,1-2H3. The van der Waals surface area contributed by atoms with Crippen molar-refractivity contribution in [2.45, 2.75) is 44.8 Å². The molecular formula is C16H20BrNO2. The fourth-order valence-electron chi connectivity index (χ4n) is 3.19. The van der Waals surface area contributed by atoms with E-state index in [2.05, 4.69) is 34.7 Å². The number of likely N-dealkylation sites (tertiary alicyclic amines) is 1. The van der Waals surface area contributed by atoms with Crippen LogP contribution in [0, 0.1) is 0 Å². The molecule has 1 saturated heterocycles. The van der Waals surface area contributed by atoms with Crippen molar-refractivity contribution < 1.29 is 9.53 Å². The van der Waals surface area contributed by atoms with Crippen LogP contribution in [0.5, 0.6) is 5.75 Å². The van der Waals surface area contributed by atoms with Gasteiger partial charge < -0.3 is 9.64 Å². The molecule has 0 aliphatic carbocycles. The largest absolute Gasteiger partial charge is 0.486 e. The molecule has 0 saturated carbocycles. The van der Waals surface area contributed by atoms with Gasteiger partial charge in [0.2, 0.25) is 0 Å². The number of hydrogen-bond acceptors (Lipinski definition) is 3. The normalized spacial score (nSPS) is 21.9. The van der Waals surface area contributed by atoms with Gasteiger partial charge in [-0.2, -0.15) is 0 Å². The lowest BCUT2D eigenvalue weighted by Crippen LogP contribution is -2.52. The minimum Gasteiger partial charge on any atom is -0.486 e. The molecule has 3 nitrogen and oxygen atoms in total. The number of ketones is 1. The average molecular weight is 338 g/mol. The Hall–Kier alpha value is -0.870. The molecule has 3 rings (SSSR count). The average Bonchev–Trinajstić information content (AvgIpc) is 2.38. The summed E-state index contributed by atoms with van der Waals surface area (Å²) in [5, 5.41) is 0. The van der Waals surface area contributed by atoms with E-state index < -0.39 is 0 Å². The van der Waals surface area contributed by atoms with Crippen molar-refractivity contribution >= 4 is 21.7 Å². The molecule has 2 aliphatic heterocycles. The molecule has 2 heterocycles. The first-order valence-electron chi connectivity index (χ1n) is 7.25. The van der Waals surface area contributed by atoms with E-state index in [0.29, 0.717) is 12.5 Å². The van der Waals surface area contributed by atoms with Gasteiger partial charge in [0.25, 0.3) is 0 Å². The van der Waals surface area contributed by atoms with Crippen molar-refractivity contribution in [1.82, 2.24) is 4.90 Å². The van der Waals surface area contributed by atoms with Crippen LogP contribution in [0.3, 0.4) is 0 Å². The van der Waals surface area contributed by atoms with Gasteiger partial charge in [0, 0.05) is 36.4 Å². The summed E-state index contributed by atoms with van der Waals surface area (Å²) in [7, 11) is 0. The molecule has 0 atom stereocenters. The van der Waals surface area contributed by atoms with Crippen LogP contribution in [0.1, 0.15) is 43.5 Å². The smallest absolute Gasteiger partial charge is 0.170 e. The van der Waals surface area contributed by atoms with E-state index >= 15 is 0 Å². The summed E-state index contributed by atoms with van der Waals surface area (Å²) in [6, 6.07) is 6.24. The highest BCUT2D eigenvalue weighted by molar-refractivity contribution is 9.10. The quantitative estimate of drug-likeness (QED) is 0.783. The van der Waals surface area contributed by atoms with Crippen LogP contribution in [-0.4, -0.2) is 35.4 Å². The van der Waals surface area contributed by atoms with Gasteiger partial charge in [-0.15, -0.1) is 0 Å². The minimum atomic E-state index is -0.281. The number of Topliss-reactive ketones (excluding diaryl/α,β-unsaturated/α-hetero) is 1. The second kappa shape index (κ2) is 5.15. The molecule has 1 fully saturated rings. The van der Waals surface area contributed by atoms with Gasteiger partial charge in [-0.1, -0.05) is 15.9 Å². The summed E-state index contributed by atoms with van der Waals surface area (Å²) in [6.07, 6.45) is 2.39. The minimum absolute atomic E-state index is 0.219. The first-order valence-corrected chi connectivity index (χ1v) is 8.04. The number of hydrogen-bond donors (Lipinski definition) is 0. The third kappa shape index (κ3) is 2.51. The summed E-state index contributed by atoms with van der Waals surface area (Å²) in [5.41, 5.74) is 0.445. The van der Waals surface area contributed by atoms with Crippen LogP contribution in [0.4, 0.5) is 0 Å². The lowest BCUT2D eigenvalue weighted by Gasteiger charge is -2.45. The zero-order valence-electron chi connectivity index (χ0n) is 12.0. The molecule has 0 unspecified atom stereocenters. The van der Waals surface area contributed by atoms with Gasteiger partial charge >= 0.3 is 0 Å². The highest BCUT2D eigenvalue weighted by Gasteiger charge is 2.43. The summed E-state index contributed by atoms with van der Waals surface area (Å²) in [6.45, 7) is 6.46. The van der Waals surface area contributed by atoms with E-state index in [1.165, 1.54) is 0 Å². The Morgan fingerprint density at radius 2 is 2.00 bits per heavy atom. The van der Waals surface area contributed by atoms with Crippen molar-refractivity contribution in [3.63, 3.8) is 0 Å². The lowest BCUT2D eigenvalue weighted by atomic mass is 9.82. The van der Waals surface area contributed by atoms with E-state index in [4.69, 9.17) is 4.74 Å². The van der Waals surface area contributed by atoms with E-state index in [1.54, 1.807) is 0 Å². The number of benzene rings is 1. The first-order chi connectivity index (χ1) is 9.49. The van der Waals surface area contributed by atoms with Gasteiger partial charge in [-0.25, -0.2) is 0 Å². The van der Waals surface area contributed by atoms with Gasteiger partial charge in [0.15, 0.2) is 5.78 Å². The fraction of sp³-hybridized carbons (Fsp3) is 0.562. The second-order valence-corrected chi connectivity index (χ2v) is 7.07. The predicted molar refractivity (Wildman–Crippen MR) is 82.4 cm³/mol. The third-order valence-corrected chi connectivity index (χ3v) is 4.99. The predicted octanol–water partition coefficient (Wildman–Crippen LogP) is 3.66. The van der Waals surface area contributed by atoms with Crippen molar-refractivity contribution in [3.8, 4) is 5.75 Å². The lowest BCUT2D eigenvalue weighted by molar-refractivity contribution is -0.0153. The summed E-state index contributed by atoms with van der Waals surface area (Å²) in [5.74, 6) is 0.963. The summed E-state index contributed by atoms with van der Waals surface area (Å²) < 4.78 is 7.22. The second-order valence-electron chi connectivity index (χ2n) is 6.16. The van der Waals surface area contributed by atoms with Crippen LogP contribution < -0.4 is 4.74 Å². The van der Waals surface area contributed by atoms with Crippen molar-refractivity contribution in [1.29, 1.82) is 0 Å². The zero-order valence-corrected chi connectivity index (χ0v) is 13.6. The molecule has 1 spiro atoms. The maximum Gasteiger partial charge on any atom is 0.170 e. The first kappa shape index (κ1) is 14.1. The van der Waals surface area contributed by atoms with E-state index in [-0.39, 0.29) is 11.4 Å². The fourth-order valence-corrected chi connectivity index (χ4v) is 3.53. The van der Waals surface area contributed by atoms with Gasteiger partial charge in [0.1, 0.15) is 11.4 Å². The van der Waals surface area contributed by atoms with Gasteiger partial charge in [0.05, 0.1) is 12.0 Å². The molecule has 0 N–H and O–H groups in total. The number of rotatable bonds is 1. The number of halogens is 1. The number of carbonyl (C=O) groups is 1. The van der Waals surface area contributed by atoms with Crippen LogP contribution in [-0.2, 0) is 0 Å². The van der Waals surface area contributed by atoms with Gasteiger partial charge in [-0.05, 0) is 32.0 Å². The zero-order chi connectivity index (χ0) is 14.3. The molecule has 108 valence electrons. The van der Waals surface area contributed by atoms with E-state index in [9.17, 15) is 4.79 Å². The molecular weight excluding hydrogens is 318 g/mol. The maximum absolute atomic E-state index is 12.4. The number of piperidine rings is 1. The molecule has 2 aliphatic rings. The molecule has 0 bridgehead atoms. The summed E-state index contributed by atoms with van der Waals surface area (Å²) in [4.78, 5) is 14.8. The number of ether oxygens (including phenoxy) is 1. The highest BCUT2D eigenvalue weighted by Crippen LogP contribution is 2.40.